The van der Waals surface area contributed by atoms with Crippen LogP contribution in [0.25, 0.3) is 11.0 Å². The Labute approximate surface area is 83.4 Å². The molecule has 2 aromatic rings. The summed E-state index contributed by atoms with van der Waals surface area (Å²) in [7, 11) is 0. The van der Waals surface area contributed by atoms with E-state index in [0.29, 0.717) is 5.92 Å². The molecule has 1 saturated carbocycles. The summed E-state index contributed by atoms with van der Waals surface area (Å²) in [6.07, 6.45) is 2.60. The maximum Gasteiger partial charge on any atom is 0.110 e. The number of hydrogen-bond donors (Lipinski definition) is 1. The van der Waals surface area contributed by atoms with E-state index < -0.39 is 0 Å². The number of aromatic amines is 1. The Hall–Kier alpha value is -1.31. The monoisotopic (exact) mass is 186 g/mol. The molecule has 2 heteroatoms. The summed E-state index contributed by atoms with van der Waals surface area (Å²) in [5.41, 5.74) is 2.27. The summed E-state index contributed by atoms with van der Waals surface area (Å²) in [4.78, 5) is 8.03. The molecule has 1 fully saturated rings. The van der Waals surface area contributed by atoms with Crippen LogP contribution in [0.4, 0.5) is 0 Å². The van der Waals surface area contributed by atoms with Gasteiger partial charge in [-0.2, -0.15) is 0 Å². The van der Waals surface area contributed by atoms with E-state index in [-0.39, 0.29) is 0 Å². The van der Waals surface area contributed by atoms with E-state index in [0.717, 1.165) is 11.4 Å². The van der Waals surface area contributed by atoms with Crippen molar-refractivity contribution in [2.24, 2.45) is 5.92 Å². The number of benzene rings is 1. The number of fused-ring (bicyclic) bond motifs is 1. The molecular formula is C12H14N2. The third-order valence-electron chi connectivity index (χ3n) is 3.21. The lowest BCUT2D eigenvalue weighted by molar-refractivity contribution is 0.749. The van der Waals surface area contributed by atoms with Crippen molar-refractivity contribution in [2.75, 3.05) is 0 Å². The predicted molar refractivity (Wildman–Crippen MR) is 57.2 cm³/mol. The van der Waals surface area contributed by atoms with E-state index >= 15 is 0 Å². The van der Waals surface area contributed by atoms with Crippen LogP contribution in [-0.2, 0) is 0 Å². The van der Waals surface area contributed by atoms with E-state index in [1.54, 1.807) is 0 Å². The van der Waals surface area contributed by atoms with E-state index in [9.17, 15) is 0 Å². The van der Waals surface area contributed by atoms with E-state index in [4.69, 9.17) is 0 Å². The van der Waals surface area contributed by atoms with Gasteiger partial charge < -0.3 is 4.98 Å². The smallest absolute Gasteiger partial charge is 0.110 e. The molecule has 0 aliphatic heterocycles. The second kappa shape index (κ2) is 2.84. The first-order valence-corrected chi connectivity index (χ1v) is 5.33. The molecule has 0 spiro atoms. The minimum Gasteiger partial charge on any atom is -0.342 e. The SMILES string of the molecule is CC[C@H]1C[C@@H]1c1nc2ccccc2[nH]1. The summed E-state index contributed by atoms with van der Waals surface area (Å²) in [5, 5.41) is 0. The maximum atomic E-state index is 4.62. The first-order valence-electron chi connectivity index (χ1n) is 5.33. The Morgan fingerprint density at radius 1 is 1.43 bits per heavy atom. The molecule has 3 rings (SSSR count). The molecule has 0 amide bonds. The largest absolute Gasteiger partial charge is 0.342 e. The Balaban J connectivity index is 1.99. The Morgan fingerprint density at radius 2 is 2.29 bits per heavy atom. The number of aromatic nitrogens is 2. The third kappa shape index (κ3) is 1.14. The molecule has 0 radical (unpaired) electrons. The van der Waals surface area contributed by atoms with Crippen LogP contribution < -0.4 is 0 Å². The lowest BCUT2D eigenvalue weighted by Gasteiger charge is -1.90. The Morgan fingerprint density at radius 3 is 3.00 bits per heavy atom. The highest BCUT2D eigenvalue weighted by Gasteiger charge is 2.38. The third-order valence-corrected chi connectivity index (χ3v) is 3.21. The average Bonchev–Trinajstić information content (AvgIpc) is 2.89. The number of H-pyrrole nitrogens is 1. The zero-order valence-corrected chi connectivity index (χ0v) is 8.33. The number of rotatable bonds is 2. The molecule has 14 heavy (non-hydrogen) atoms. The number of hydrogen-bond acceptors (Lipinski definition) is 1. The number of nitrogens with zero attached hydrogens (tertiary/aromatic N) is 1. The molecule has 1 aromatic carbocycles. The van der Waals surface area contributed by atoms with Gasteiger partial charge in [-0.05, 0) is 24.5 Å². The predicted octanol–water partition coefficient (Wildman–Crippen LogP) is 3.08. The molecule has 2 atom stereocenters. The fourth-order valence-corrected chi connectivity index (χ4v) is 2.18. The molecule has 0 unspecified atom stereocenters. The summed E-state index contributed by atoms with van der Waals surface area (Å²) in [5.74, 6) is 2.76. The van der Waals surface area contributed by atoms with Crippen LogP contribution in [-0.4, -0.2) is 9.97 Å². The second-order valence-corrected chi connectivity index (χ2v) is 4.15. The van der Waals surface area contributed by atoms with Gasteiger partial charge in [-0.15, -0.1) is 0 Å². The van der Waals surface area contributed by atoms with Crippen molar-refractivity contribution in [1.82, 2.24) is 9.97 Å². The van der Waals surface area contributed by atoms with Crippen molar-refractivity contribution in [3.05, 3.63) is 30.1 Å². The van der Waals surface area contributed by atoms with Crippen LogP contribution in [0.15, 0.2) is 24.3 Å². The molecule has 2 nitrogen and oxygen atoms in total. The van der Waals surface area contributed by atoms with Crippen molar-refractivity contribution in [3.8, 4) is 0 Å². The maximum absolute atomic E-state index is 4.62. The molecule has 0 saturated heterocycles. The molecule has 72 valence electrons. The minimum atomic E-state index is 0.701. The quantitative estimate of drug-likeness (QED) is 0.767. The van der Waals surface area contributed by atoms with Gasteiger partial charge in [-0.3, -0.25) is 0 Å². The normalized spacial score (nSPS) is 25.5. The summed E-state index contributed by atoms with van der Waals surface area (Å²) in [6.45, 7) is 2.26. The van der Waals surface area contributed by atoms with Crippen molar-refractivity contribution >= 4 is 11.0 Å². The first kappa shape index (κ1) is 8.04. The zero-order valence-electron chi connectivity index (χ0n) is 8.33. The van der Waals surface area contributed by atoms with Gasteiger partial charge in [-0.1, -0.05) is 25.5 Å². The minimum absolute atomic E-state index is 0.701. The molecule has 1 aliphatic rings. The van der Waals surface area contributed by atoms with Gasteiger partial charge in [0.2, 0.25) is 0 Å². The highest BCUT2D eigenvalue weighted by molar-refractivity contribution is 5.74. The molecule has 0 bridgehead atoms. The van der Waals surface area contributed by atoms with Crippen LogP contribution in [0.5, 0.6) is 0 Å². The van der Waals surface area contributed by atoms with Crippen LogP contribution in [0, 0.1) is 5.92 Å². The number of nitrogens with one attached hydrogen (secondary N) is 1. The van der Waals surface area contributed by atoms with Crippen molar-refractivity contribution in [2.45, 2.75) is 25.7 Å². The molecule has 1 heterocycles. The topological polar surface area (TPSA) is 28.7 Å². The van der Waals surface area contributed by atoms with Crippen LogP contribution in [0.3, 0.4) is 0 Å². The van der Waals surface area contributed by atoms with E-state index in [1.165, 1.54) is 24.2 Å². The van der Waals surface area contributed by atoms with Crippen molar-refractivity contribution < 1.29 is 0 Å². The fourth-order valence-electron chi connectivity index (χ4n) is 2.18. The summed E-state index contributed by atoms with van der Waals surface area (Å²) < 4.78 is 0. The Bertz CT molecular complexity index is 425. The lowest BCUT2D eigenvalue weighted by atomic mass is 10.2. The average molecular weight is 186 g/mol. The van der Waals surface area contributed by atoms with Crippen molar-refractivity contribution in [3.63, 3.8) is 0 Å². The summed E-state index contributed by atoms with van der Waals surface area (Å²) in [6, 6.07) is 8.25. The molecular weight excluding hydrogens is 172 g/mol. The Kier molecular flexibility index (Phi) is 1.63. The van der Waals surface area contributed by atoms with Gasteiger partial charge in [0.25, 0.3) is 0 Å². The van der Waals surface area contributed by atoms with Gasteiger partial charge in [0, 0.05) is 5.92 Å². The molecule has 1 aliphatic carbocycles. The zero-order chi connectivity index (χ0) is 9.54. The summed E-state index contributed by atoms with van der Waals surface area (Å²) >= 11 is 0. The first-order chi connectivity index (χ1) is 6.88. The van der Waals surface area contributed by atoms with Gasteiger partial charge in [-0.25, -0.2) is 4.98 Å². The standard InChI is InChI=1S/C12H14N2/c1-2-8-7-9(8)12-13-10-5-3-4-6-11(10)14-12/h3-6,8-9H,2,7H2,1H3,(H,13,14)/t8-,9-/m0/s1. The van der Waals surface area contributed by atoms with Gasteiger partial charge >= 0.3 is 0 Å². The van der Waals surface area contributed by atoms with Crippen molar-refractivity contribution in [1.29, 1.82) is 0 Å². The van der Waals surface area contributed by atoms with Gasteiger partial charge in [0.1, 0.15) is 5.82 Å². The van der Waals surface area contributed by atoms with E-state index in [1.807, 2.05) is 6.07 Å². The highest BCUT2D eigenvalue weighted by atomic mass is 14.9. The lowest BCUT2D eigenvalue weighted by Crippen LogP contribution is -1.84. The molecule has 1 N–H and O–H groups in total. The van der Waals surface area contributed by atoms with Crippen LogP contribution in [0.1, 0.15) is 31.5 Å². The molecule has 1 aromatic heterocycles. The van der Waals surface area contributed by atoms with Crippen LogP contribution >= 0.6 is 0 Å². The second-order valence-electron chi connectivity index (χ2n) is 4.15. The number of para-hydroxylation sites is 2. The van der Waals surface area contributed by atoms with Gasteiger partial charge in [0.05, 0.1) is 11.0 Å². The van der Waals surface area contributed by atoms with Crippen LogP contribution in [0.2, 0.25) is 0 Å². The van der Waals surface area contributed by atoms with Gasteiger partial charge in [0.15, 0.2) is 0 Å². The number of imidazole rings is 1. The fraction of sp³-hybridized carbons (Fsp3) is 0.417. The van der Waals surface area contributed by atoms with E-state index in [2.05, 4.69) is 35.1 Å². The highest BCUT2D eigenvalue weighted by Crippen LogP contribution is 2.48.